The first-order chi connectivity index (χ1) is 11.9. The minimum absolute atomic E-state index is 0.133. The molecule has 0 saturated carbocycles. The Morgan fingerprint density at radius 1 is 1.36 bits per heavy atom. The topological polar surface area (TPSA) is 163 Å². The predicted octanol–water partition coefficient (Wildman–Crippen LogP) is -0.0135. The number of rotatable bonds is 10. The molecule has 0 bridgehead atoms. The van der Waals surface area contributed by atoms with Gasteiger partial charge >= 0.3 is 0 Å². The van der Waals surface area contributed by atoms with Crippen molar-refractivity contribution in [2.24, 2.45) is 22.3 Å². The molecule has 0 spiro atoms. The highest BCUT2D eigenvalue weighted by molar-refractivity contribution is 5.87. The predicted molar refractivity (Wildman–Crippen MR) is 93.0 cm³/mol. The molecule has 25 heavy (non-hydrogen) atoms. The summed E-state index contributed by atoms with van der Waals surface area (Å²) in [5.41, 5.74) is 17.4. The Morgan fingerprint density at radius 3 is 2.48 bits per heavy atom. The molecule has 138 valence electrons. The van der Waals surface area contributed by atoms with Crippen LogP contribution in [0.25, 0.3) is 0 Å². The molecule has 1 rings (SSSR count). The monoisotopic (exact) mass is 352 g/mol. The van der Waals surface area contributed by atoms with Gasteiger partial charge in [-0.1, -0.05) is 12.1 Å². The minimum Gasteiger partial charge on any atom is -0.494 e. The highest BCUT2D eigenvalue weighted by atomic mass is 16.7. The fourth-order valence-corrected chi connectivity index (χ4v) is 2.31. The number of guanidine groups is 1. The zero-order valence-electron chi connectivity index (χ0n) is 14.1. The fourth-order valence-electron chi connectivity index (χ4n) is 2.31. The quantitative estimate of drug-likeness (QED) is 0.230. The molecule has 1 aromatic rings. The van der Waals surface area contributed by atoms with E-state index in [4.69, 9.17) is 21.9 Å². The van der Waals surface area contributed by atoms with Gasteiger partial charge in [0.1, 0.15) is 16.9 Å². The molecular formula is C15H24N6O4. The van der Waals surface area contributed by atoms with Crippen molar-refractivity contribution >= 4 is 11.9 Å². The summed E-state index contributed by atoms with van der Waals surface area (Å²) in [5, 5.41) is 12.8. The third-order valence-electron chi connectivity index (χ3n) is 3.45. The Kier molecular flexibility index (Phi) is 8.13. The zero-order chi connectivity index (χ0) is 18.8. The second-order valence-corrected chi connectivity index (χ2v) is 5.25. The lowest BCUT2D eigenvalue weighted by Crippen LogP contribution is -2.50. The molecule has 0 aliphatic heterocycles. The summed E-state index contributed by atoms with van der Waals surface area (Å²) >= 11 is 0. The SMILES string of the molecule is CCOc1ccc(CN(C(N)=N[N+](=O)[O-])[C@H](CCCN)C(N)=O)cc1. The molecule has 1 aromatic carbocycles. The van der Waals surface area contributed by atoms with E-state index in [1.165, 1.54) is 4.90 Å². The number of ether oxygens (including phenoxy) is 1. The van der Waals surface area contributed by atoms with E-state index in [2.05, 4.69) is 5.10 Å². The average molecular weight is 352 g/mol. The summed E-state index contributed by atoms with van der Waals surface area (Å²) in [6, 6.07) is 6.23. The Morgan fingerprint density at radius 2 is 2.00 bits per heavy atom. The Balaban J connectivity index is 3.07. The lowest BCUT2D eigenvalue weighted by molar-refractivity contribution is -0.485. The van der Waals surface area contributed by atoms with Crippen LogP contribution >= 0.6 is 0 Å². The van der Waals surface area contributed by atoms with Gasteiger partial charge in [0.25, 0.3) is 5.96 Å². The number of benzene rings is 1. The van der Waals surface area contributed by atoms with E-state index in [1.54, 1.807) is 24.3 Å². The van der Waals surface area contributed by atoms with Gasteiger partial charge < -0.3 is 26.8 Å². The average Bonchev–Trinajstić information content (AvgIpc) is 2.55. The maximum absolute atomic E-state index is 11.8. The molecule has 0 heterocycles. The van der Waals surface area contributed by atoms with Crippen LogP contribution in [0.1, 0.15) is 25.3 Å². The highest BCUT2D eigenvalue weighted by Gasteiger charge is 2.27. The van der Waals surface area contributed by atoms with Crippen molar-refractivity contribution in [3.05, 3.63) is 39.9 Å². The van der Waals surface area contributed by atoms with Crippen molar-refractivity contribution in [2.75, 3.05) is 13.2 Å². The lowest BCUT2D eigenvalue weighted by Gasteiger charge is -2.29. The Bertz CT molecular complexity index is 605. The van der Waals surface area contributed by atoms with Gasteiger partial charge in [0.05, 0.1) is 6.61 Å². The third-order valence-corrected chi connectivity index (χ3v) is 3.45. The molecule has 10 nitrogen and oxygen atoms in total. The van der Waals surface area contributed by atoms with E-state index in [0.717, 1.165) is 5.56 Å². The number of hydrazone groups is 1. The van der Waals surface area contributed by atoms with Crippen LogP contribution in [0.3, 0.4) is 0 Å². The molecule has 0 saturated heterocycles. The number of hydrogen-bond acceptors (Lipinski definition) is 5. The van der Waals surface area contributed by atoms with E-state index >= 15 is 0 Å². The van der Waals surface area contributed by atoms with E-state index in [9.17, 15) is 14.9 Å². The van der Waals surface area contributed by atoms with Crippen molar-refractivity contribution in [3.8, 4) is 5.75 Å². The Hall–Kier alpha value is -2.88. The summed E-state index contributed by atoms with van der Waals surface area (Å²) in [4.78, 5) is 23.8. The van der Waals surface area contributed by atoms with Gasteiger partial charge in [-0.25, -0.2) is 10.1 Å². The number of nitro groups is 1. The van der Waals surface area contributed by atoms with E-state index in [-0.39, 0.29) is 12.5 Å². The molecule has 10 heteroatoms. The summed E-state index contributed by atoms with van der Waals surface area (Å²) in [6.45, 7) is 2.90. The summed E-state index contributed by atoms with van der Waals surface area (Å²) in [6.07, 6.45) is 0.829. The van der Waals surface area contributed by atoms with Gasteiger partial charge in [0.15, 0.2) is 5.03 Å². The zero-order valence-corrected chi connectivity index (χ0v) is 14.1. The number of nitrogens with two attached hydrogens (primary N) is 3. The third kappa shape index (κ3) is 6.63. The number of primary amides is 1. The molecule has 0 unspecified atom stereocenters. The molecule has 0 aliphatic carbocycles. The van der Waals surface area contributed by atoms with Crippen LogP contribution < -0.4 is 21.9 Å². The molecule has 0 aromatic heterocycles. The summed E-state index contributed by atoms with van der Waals surface area (Å²) in [7, 11) is 0. The number of hydrogen-bond donors (Lipinski definition) is 3. The van der Waals surface area contributed by atoms with Crippen LogP contribution in [-0.4, -0.2) is 41.0 Å². The van der Waals surface area contributed by atoms with Crippen LogP contribution in [0, 0.1) is 10.1 Å². The van der Waals surface area contributed by atoms with Crippen molar-refractivity contribution in [1.82, 2.24) is 4.90 Å². The van der Waals surface area contributed by atoms with Crippen molar-refractivity contribution in [1.29, 1.82) is 0 Å². The van der Waals surface area contributed by atoms with Gasteiger partial charge in [-0.05, 0) is 44.0 Å². The molecular weight excluding hydrogens is 328 g/mol. The van der Waals surface area contributed by atoms with E-state index < -0.39 is 17.0 Å². The molecule has 1 atom stereocenters. The van der Waals surface area contributed by atoms with Crippen LogP contribution in [0.2, 0.25) is 0 Å². The number of amides is 1. The second-order valence-electron chi connectivity index (χ2n) is 5.25. The number of carbonyl (C=O) groups excluding carboxylic acids is 1. The lowest BCUT2D eigenvalue weighted by atomic mass is 10.1. The standard InChI is InChI=1S/C15H24N6O4/c1-2-25-12-7-5-11(6-8-12)10-20(15(18)19-21(23)24)13(14(17)22)4-3-9-16/h5-8,13H,2-4,9-10,16H2,1H3,(H2,17,22)(H2,18,19)/t13-/m1/s1. The van der Waals surface area contributed by atoms with E-state index in [0.29, 0.717) is 31.7 Å². The Labute approximate surface area is 145 Å². The molecule has 0 aliphatic rings. The van der Waals surface area contributed by atoms with E-state index in [1.807, 2.05) is 6.92 Å². The van der Waals surface area contributed by atoms with Gasteiger partial charge in [0.2, 0.25) is 5.91 Å². The van der Waals surface area contributed by atoms with Crippen LogP contribution in [-0.2, 0) is 11.3 Å². The van der Waals surface area contributed by atoms with Crippen molar-refractivity contribution in [2.45, 2.75) is 32.4 Å². The first-order valence-electron chi connectivity index (χ1n) is 7.85. The normalized spacial score (nSPS) is 12.5. The van der Waals surface area contributed by atoms with Crippen molar-refractivity contribution in [3.63, 3.8) is 0 Å². The number of nitrogens with zero attached hydrogens (tertiary/aromatic N) is 3. The summed E-state index contributed by atoms with van der Waals surface area (Å²) in [5.74, 6) is -0.347. The van der Waals surface area contributed by atoms with Crippen molar-refractivity contribution < 1.29 is 14.6 Å². The molecule has 0 fully saturated rings. The second kappa shape index (κ2) is 10.1. The van der Waals surface area contributed by atoms with Gasteiger partial charge in [-0.3, -0.25) is 4.79 Å². The minimum atomic E-state index is -0.915. The van der Waals surface area contributed by atoms with Crippen LogP contribution in [0.4, 0.5) is 0 Å². The van der Waals surface area contributed by atoms with Gasteiger partial charge in [-0.15, -0.1) is 0 Å². The smallest absolute Gasteiger partial charge is 0.269 e. The molecule has 1 amide bonds. The maximum Gasteiger partial charge on any atom is 0.269 e. The summed E-state index contributed by atoms with van der Waals surface area (Å²) < 4.78 is 5.37. The fraction of sp³-hybridized carbons (Fsp3) is 0.467. The highest BCUT2D eigenvalue weighted by Crippen LogP contribution is 2.16. The first-order valence-corrected chi connectivity index (χ1v) is 7.85. The first kappa shape index (κ1) is 20.2. The van der Waals surface area contributed by atoms with Gasteiger partial charge in [-0.2, -0.15) is 0 Å². The molecule has 6 N–H and O–H groups in total. The molecule has 0 radical (unpaired) electrons. The maximum atomic E-state index is 11.8. The largest absolute Gasteiger partial charge is 0.494 e. The van der Waals surface area contributed by atoms with Crippen LogP contribution in [0.15, 0.2) is 29.4 Å². The van der Waals surface area contributed by atoms with Crippen LogP contribution in [0.5, 0.6) is 5.75 Å². The van der Waals surface area contributed by atoms with Gasteiger partial charge in [0, 0.05) is 6.54 Å². The number of carbonyl (C=O) groups is 1.